The van der Waals surface area contributed by atoms with E-state index in [0.717, 1.165) is 21.9 Å². The molecule has 0 bridgehead atoms. The summed E-state index contributed by atoms with van der Waals surface area (Å²) in [7, 11) is 0. The van der Waals surface area contributed by atoms with E-state index < -0.39 is 0 Å². The zero-order valence-electron chi connectivity index (χ0n) is 10.2. The van der Waals surface area contributed by atoms with Gasteiger partial charge in [-0.1, -0.05) is 18.2 Å². The minimum absolute atomic E-state index is 0.949. The van der Waals surface area contributed by atoms with Crippen LogP contribution in [0.2, 0.25) is 0 Å². The molecule has 4 nitrogen and oxygen atoms in total. The van der Waals surface area contributed by atoms with Crippen LogP contribution < -0.4 is 0 Å². The molecule has 0 amide bonds. The van der Waals surface area contributed by atoms with E-state index in [2.05, 4.69) is 20.2 Å². The first-order chi connectivity index (χ1) is 9.43. The van der Waals surface area contributed by atoms with E-state index >= 15 is 0 Å². The van der Waals surface area contributed by atoms with Crippen LogP contribution in [0.4, 0.5) is 0 Å². The van der Waals surface area contributed by atoms with Gasteiger partial charge in [-0.05, 0) is 30.3 Å². The van der Waals surface area contributed by atoms with Crippen LogP contribution in [0.25, 0.3) is 21.9 Å². The third-order valence-electron chi connectivity index (χ3n) is 2.72. The predicted molar refractivity (Wildman–Crippen MR) is 75.6 cm³/mol. The Morgan fingerprint density at radius 1 is 0.737 bits per heavy atom. The van der Waals surface area contributed by atoms with Gasteiger partial charge in [0.2, 0.25) is 0 Å². The van der Waals surface area contributed by atoms with Crippen molar-refractivity contribution in [2.75, 3.05) is 0 Å². The van der Waals surface area contributed by atoms with Gasteiger partial charge >= 0.3 is 0 Å². The maximum atomic E-state index is 4.12. The van der Waals surface area contributed by atoms with Crippen LogP contribution in [0.3, 0.4) is 0 Å². The highest BCUT2D eigenvalue weighted by molar-refractivity contribution is 5.77. The molecule has 1 N–H and O–H groups in total. The number of fused-ring (bicyclic) bond motifs is 2. The molecular formula is C15H12N4. The van der Waals surface area contributed by atoms with Gasteiger partial charge in [-0.15, -0.1) is 0 Å². The van der Waals surface area contributed by atoms with Gasteiger partial charge in [0.1, 0.15) is 0 Å². The number of pyridine rings is 2. The van der Waals surface area contributed by atoms with Gasteiger partial charge in [-0.2, -0.15) is 5.10 Å². The molecule has 0 radical (unpaired) electrons. The van der Waals surface area contributed by atoms with E-state index in [9.17, 15) is 0 Å². The van der Waals surface area contributed by atoms with Crippen molar-refractivity contribution < 1.29 is 0 Å². The number of benzene rings is 1. The SMILES string of the molecule is c1ccc2[nH]ncc2c1.c1cnc2cccnc2c1. The fraction of sp³-hybridized carbons (Fsp3) is 0. The van der Waals surface area contributed by atoms with E-state index in [-0.39, 0.29) is 0 Å². The number of nitrogens with zero attached hydrogens (tertiary/aromatic N) is 3. The topological polar surface area (TPSA) is 54.5 Å². The molecule has 0 aliphatic heterocycles. The third kappa shape index (κ3) is 2.57. The molecule has 4 heteroatoms. The van der Waals surface area contributed by atoms with Crippen LogP contribution in [-0.4, -0.2) is 20.2 Å². The van der Waals surface area contributed by atoms with Crippen molar-refractivity contribution in [2.45, 2.75) is 0 Å². The van der Waals surface area contributed by atoms with Gasteiger partial charge in [0.15, 0.2) is 0 Å². The van der Waals surface area contributed by atoms with Crippen molar-refractivity contribution in [1.29, 1.82) is 0 Å². The fourth-order valence-electron chi connectivity index (χ4n) is 1.79. The lowest BCUT2D eigenvalue weighted by atomic mass is 10.3. The first-order valence-corrected chi connectivity index (χ1v) is 5.97. The summed E-state index contributed by atoms with van der Waals surface area (Å²) >= 11 is 0. The molecule has 0 saturated carbocycles. The van der Waals surface area contributed by atoms with Crippen molar-refractivity contribution in [3.05, 3.63) is 67.1 Å². The minimum atomic E-state index is 0.949. The highest BCUT2D eigenvalue weighted by Crippen LogP contribution is 2.07. The highest BCUT2D eigenvalue weighted by atomic mass is 15.1. The van der Waals surface area contributed by atoms with Crippen LogP contribution in [0.15, 0.2) is 67.1 Å². The highest BCUT2D eigenvalue weighted by Gasteiger charge is 1.88. The normalized spacial score (nSPS) is 10.1. The van der Waals surface area contributed by atoms with Crippen molar-refractivity contribution in [3.8, 4) is 0 Å². The Bertz CT molecular complexity index is 696. The van der Waals surface area contributed by atoms with Gasteiger partial charge in [-0.3, -0.25) is 15.1 Å². The second-order valence-electron chi connectivity index (χ2n) is 4.00. The van der Waals surface area contributed by atoms with E-state index in [1.54, 1.807) is 12.4 Å². The molecule has 0 saturated heterocycles. The van der Waals surface area contributed by atoms with Crippen LogP contribution >= 0.6 is 0 Å². The summed E-state index contributed by atoms with van der Waals surface area (Å²) in [5.74, 6) is 0. The maximum absolute atomic E-state index is 4.12. The molecule has 0 aliphatic carbocycles. The van der Waals surface area contributed by atoms with Crippen LogP contribution in [0.1, 0.15) is 0 Å². The average molecular weight is 248 g/mol. The molecule has 1 aromatic carbocycles. The Morgan fingerprint density at radius 3 is 2.11 bits per heavy atom. The summed E-state index contributed by atoms with van der Waals surface area (Å²) in [4.78, 5) is 8.24. The zero-order valence-corrected chi connectivity index (χ0v) is 10.2. The van der Waals surface area contributed by atoms with Crippen molar-refractivity contribution in [3.63, 3.8) is 0 Å². The Hall–Kier alpha value is -2.75. The predicted octanol–water partition coefficient (Wildman–Crippen LogP) is 3.19. The van der Waals surface area contributed by atoms with Crippen LogP contribution in [0, 0.1) is 0 Å². The molecule has 0 atom stereocenters. The summed E-state index contributed by atoms with van der Waals surface area (Å²) in [5.41, 5.74) is 2.99. The van der Waals surface area contributed by atoms with Gasteiger partial charge < -0.3 is 0 Å². The third-order valence-corrected chi connectivity index (χ3v) is 2.72. The number of H-pyrrole nitrogens is 1. The molecule has 3 heterocycles. The number of hydrogen-bond acceptors (Lipinski definition) is 3. The lowest BCUT2D eigenvalue weighted by Gasteiger charge is -1.90. The second kappa shape index (κ2) is 5.27. The Labute approximate surface area is 110 Å². The second-order valence-corrected chi connectivity index (χ2v) is 4.00. The summed E-state index contributed by atoms with van der Waals surface area (Å²) in [6, 6.07) is 15.7. The number of aromatic nitrogens is 4. The smallest absolute Gasteiger partial charge is 0.0886 e. The molecule has 19 heavy (non-hydrogen) atoms. The number of hydrogen-bond donors (Lipinski definition) is 1. The van der Waals surface area contributed by atoms with Gasteiger partial charge in [0, 0.05) is 17.8 Å². The number of para-hydroxylation sites is 1. The molecule has 4 aromatic rings. The van der Waals surface area contributed by atoms with E-state index in [1.165, 1.54) is 0 Å². The van der Waals surface area contributed by atoms with Crippen LogP contribution in [-0.2, 0) is 0 Å². The van der Waals surface area contributed by atoms with Gasteiger partial charge in [0.25, 0.3) is 0 Å². The zero-order chi connectivity index (χ0) is 12.9. The maximum Gasteiger partial charge on any atom is 0.0886 e. The fourth-order valence-corrected chi connectivity index (χ4v) is 1.79. The number of rotatable bonds is 0. The molecule has 0 fully saturated rings. The van der Waals surface area contributed by atoms with E-state index in [1.807, 2.05) is 54.7 Å². The first kappa shape index (κ1) is 11.3. The molecule has 0 unspecified atom stereocenters. The van der Waals surface area contributed by atoms with Gasteiger partial charge in [-0.25, -0.2) is 0 Å². The Balaban J connectivity index is 0.000000117. The van der Waals surface area contributed by atoms with E-state index in [4.69, 9.17) is 0 Å². The Kier molecular flexibility index (Phi) is 3.14. The summed E-state index contributed by atoms with van der Waals surface area (Å²) < 4.78 is 0. The van der Waals surface area contributed by atoms with Crippen molar-refractivity contribution in [1.82, 2.24) is 20.2 Å². The standard InChI is InChI=1S/C8H6N2.C7H6N2/c1-3-7-8(9-5-1)4-2-6-10-7;1-2-4-7-6(3-1)5-8-9-7/h1-6H;1-5H,(H,8,9). The molecule has 4 rings (SSSR count). The van der Waals surface area contributed by atoms with E-state index in [0.29, 0.717) is 0 Å². The van der Waals surface area contributed by atoms with Crippen LogP contribution in [0.5, 0.6) is 0 Å². The van der Waals surface area contributed by atoms with Crippen molar-refractivity contribution >= 4 is 21.9 Å². The summed E-state index contributed by atoms with van der Waals surface area (Å²) in [6.07, 6.45) is 5.35. The minimum Gasteiger partial charge on any atom is -0.278 e. The number of aromatic amines is 1. The average Bonchev–Trinajstić information content (AvgIpc) is 2.96. The van der Waals surface area contributed by atoms with Crippen molar-refractivity contribution in [2.24, 2.45) is 0 Å². The lowest BCUT2D eigenvalue weighted by molar-refractivity contribution is 1.12. The largest absolute Gasteiger partial charge is 0.278 e. The first-order valence-electron chi connectivity index (χ1n) is 5.97. The quantitative estimate of drug-likeness (QED) is 0.520. The monoisotopic (exact) mass is 248 g/mol. The molecule has 3 aromatic heterocycles. The molecular weight excluding hydrogens is 236 g/mol. The summed E-state index contributed by atoms with van der Waals surface area (Å²) in [6.45, 7) is 0. The van der Waals surface area contributed by atoms with Gasteiger partial charge in [0.05, 0.1) is 22.7 Å². The number of nitrogens with one attached hydrogen (secondary N) is 1. The molecule has 92 valence electrons. The Morgan fingerprint density at radius 2 is 1.42 bits per heavy atom. The summed E-state index contributed by atoms with van der Waals surface area (Å²) in [5, 5.41) is 7.91. The lowest BCUT2D eigenvalue weighted by Crippen LogP contribution is -1.78. The molecule has 0 spiro atoms. The molecule has 0 aliphatic rings.